The molecule has 194 valence electrons. The molecule has 5 rings (SSSR count). The number of hydrogen-bond acceptors (Lipinski definition) is 6. The van der Waals surface area contributed by atoms with Gasteiger partial charge in [-0.05, 0) is 11.6 Å². The molecule has 1 fully saturated rings. The van der Waals surface area contributed by atoms with Crippen LogP contribution in [0.15, 0.2) is 84.9 Å². The number of nitrogens with one attached hydrogen (secondary N) is 2. The maximum atomic E-state index is 14.1. The molecule has 1 saturated heterocycles. The van der Waals surface area contributed by atoms with Crippen molar-refractivity contribution in [2.75, 3.05) is 33.3 Å². The largest absolute Gasteiger partial charge is 0.632 e. The Hall–Kier alpha value is -4.11. The van der Waals surface area contributed by atoms with Crippen LogP contribution in [-0.4, -0.2) is 54.8 Å². The van der Waals surface area contributed by atoms with Crippen LogP contribution in [0.3, 0.4) is 0 Å². The molecule has 1 amide bonds. The molecule has 8 heteroatoms. The highest BCUT2D eigenvalue weighted by Gasteiger charge is 2.31. The van der Waals surface area contributed by atoms with Crippen molar-refractivity contribution in [3.8, 4) is 11.3 Å². The lowest BCUT2D eigenvalue weighted by molar-refractivity contribution is -0.895. The van der Waals surface area contributed by atoms with E-state index in [0.717, 1.165) is 5.56 Å². The third kappa shape index (κ3) is 5.28. The van der Waals surface area contributed by atoms with Crippen molar-refractivity contribution < 1.29 is 19.0 Å². The van der Waals surface area contributed by atoms with Crippen molar-refractivity contribution in [3.63, 3.8) is 0 Å². The highest BCUT2D eigenvalue weighted by Crippen LogP contribution is 2.33. The van der Waals surface area contributed by atoms with Crippen molar-refractivity contribution in [3.05, 3.63) is 107 Å². The average Bonchev–Trinajstić information content (AvgIpc) is 2.96. The molecule has 1 aromatic heterocycles. The molecule has 1 atom stereocenters. The molecule has 1 aliphatic rings. The van der Waals surface area contributed by atoms with Crippen LogP contribution in [-0.2, 0) is 16.1 Å². The van der Waals surface area contributed by atoms with E-state index in [9.17, 15) is 14.8 Å². The Morgan fingerprint density at radius 3 is 2.29 bits per heavy atom. The van der Waals surface area contributed by atoms with E-state index in [1.165, 1.54) is 7.11 Å². The van der Waals surface area contributed by atoms with Crippen LogP contribution < -0.4 is 10.6 Å². The van der Waals surface area contributed by atoms with E-state index in [2.05, 4.69) is 10.6 Å². The Morgan fingerprint density at radius 2 is 1.61 bits per heavy atom. The van der Waals surface area contributed by atoms with Gasteiger partial charge in [0.1, 0.15) is 6.54 Å². The topological polar surface area (TPSA) is 103 Å². The first-order chi connectivity index (χ1) is 18.5. The number of methoxy groups -OCH3 is 1. The third-order valence-corrected chi connectivity index (χ3v) is 6.95. The van der Waals surface area contributed by atoms with Crippen LogP contribution in [0.25, 0.3) is 22.2 Å². The number of carbonyl (C=O) groups excluding carboxylic acids is 2. The van der Waals surface area contributed by atoms with Crippen molar-refractivity contribution in [2.24, 2.45) is 0 Å². The van der Waals surface area contributed by atoms with Crippen LogP contribution in [0.4, 0.5) is 0 Å². The number of amides is 1. The maximum Gasteiger partial charge on any atom is 0.333 e. The zero-order valence-electron chi connectivity index (χ0n) is 21.2. The van der Waals surface area contributed by atoms with Gasteiger partial charge in [-0.1, -0.05) is 78.9 Å². The second kappa shape index (κ2) is 11.1. The Kier molecular flexibility index (Phi) is 7.46. The van der Waals surface area contributed by atoms with Crippen LogP contribution in [0.1, 0.15) is 27.5 Å². The van der Waals surface area contributed by atoms with Gasteiger partial charge in [0.2, 0.25) is 0 Å². The number of hydrogen-bond donors (Lipinski definition) is 2. The van der Waals surface area contributed by atoms with E-state index < -0.39 is 22.6 Å². The van der Waals surface area contributed by atoms with Gasteiger partial charge in [-0.25, -0.2) is 9.78 Å². The number of quaternary nitrogens is 1. The highest BCUT2D eigenvalue weighted by molar-refractivity contribution is 6.10. The molecule has 0 radical (unpaired) electrons. The lowest BCUT2D eigenvalue weighted by atomic mass is 9.94. The molecule has 0 saturated carbocycles. The maximum absolute atomic E-state index is 14.1. The number of rotatable bonds is 7. The summed E-state index contributed by atoms with van der Waals surface area (Å²) in [6, 6.07) is 24.9. The lowest BCUT2D eigenvalue weighted by Crippen LogP contribution is -2.54. The van der Waals surface area contributed by atoms with E-state index >= 15 is 0 Å². The van der Waals surface area contributed by atoms with Gasteiger partial charge in [0.15, 0.2) is 6.04 Å². The summed E-state index contributed by atoms with van der Waals surface area (Å²) in [5.41, 5.74) is 3.57. The number of para-hydroxylation sites is 1. The Labute approximate surface area is 221 Å². The number of aromatic nitrogens is 1. The van der Waals surface area contributed by atoms with Crippen LogP contribution in [0.2, 0.25) is 0 Å². The van der Waals surface area contributed by atoms with Crippen molar-refractivity contribution in [2.45, 2.75) is 12.6 Å². The standard InChI is InChI=1S/C30H30N4O4/c1-38-30(36)28(22-12-6-3-7-13-22)33-29(35)26-23-14-8-9-15-25(23)32-27(21-10-4-2-5-11-21)24(26)20-34(37)18-16-31-17-19-34/h2-15,28,31H,16-20H2,1H3,(H,33,35). The number of piperazine rings is 1. The molecule has 0 aliphatic carbocycles. The molecule has 2 heterocycles. The smallest absolute Gasteiger partial charge is 0.333 e. The average molecular weight is 511 g/mol. The quantitative estimate of drug-likeness (QED) is 0.222. The number of ether oxygens (including phenoxy) is 1. The molecule has 2 N–H and O–H groups in total. The first kappa shape index (κ1) is 25.5. The van der Waals surface area contributed by atoms with Crippen LogP contribution in [0.5, 0.6) is 0 Å². The van der Waals surface area contributed by atoms with Gasteiger partial charge in [0.25, 0.3) is 5.91 Å². The predicted octanol–water partition coefficient (Wildman–Crippen LogP) is 3.96. The van der Waals surface area contributed by atoms with E-state index in [1.807, 2.05) is 60.7 Å². The fraction of sp³-hybridized carbons (Fsp3) is 0.233. The van der Waals surface area contributed by atoms with Crippen LogP contribution >= 0.6 is 0 Å². The van der Waals surface area contributed by atoms with Gasteiger partial charge in [-0.15, -0.1) is 0 Å². The number of fused-ring (bicyclic) bond motifs is 1. The number of pyridine rings is 1. The normalized spacial score (nSPS) is 15.5. The first-order valence-electron chi connectivity index (χ1n) is 12.7. The second-order valence-electron chi connectivity index (χ2n) is 9.45. The summed E-state index contributed by atoms with van der Waals surface area (Å²) in [5, 5.41) is 20.6. The van der Waals surface area contributed by atoms with Crippen LogP contribution in [0, 0.1) is 5.21 Å². The summed E-state index contributed by atoms with van der Waals surface area (Å²) in [5.74, 6) is -1.04. The summed E-state index contributed by atoms with van der Waals surface area (Å²) in [7, 11) is 1.29. The van der Waals surface area contributed by atoms with E-state index in [1.54, 1.807) is 24.3 Å². The summed E-state index contributed by atoms with van der Waals surface area (Å²) >= 11 is 0. The van der Waals surface area contributed by atoms with Crippen molar-refractivity contribution >= 4 is 22.8 Å². The monoisotopic (exact) mass is 510 g/mol. The summed E-state index contributed by atoms with van der Waals surface area (Å²) < 4.78 is 4.56. The SMILES string of the molecule is COC(=O)C(NC(=O)c1c(C[N+]2([O-])CCNCC2)c(-c2ccccc2)nc2ccccc12)c1ccccc1. The minimum absolute atomic E-state index is 0.0841. The Morgan fingerprint density at radius 1 is 0.974 bits per heavy atom. The Bertz CT molecular complexity index is 1440. The molecule has 1 aliphatic heterocycles. The fourth-order valence-corrected chi connectivity index (χ4v) is 4.99. The predicted molar refractivity (Wildman–Crippen MR) is 146 cm³/mol. The van der Waals surface area contributed by atoms with Crippen molar-refractivity contribution in [1.82, 2.24) is 15.6 Å². The highest BCUT2D eigenvalue weighted by atomic mass is 16.5. The minimum Gasteiger partial charge on any atom is -0.632 e. The van der Waals surface area contributed by atoms with Gasteiger partial charge in [0, 0.05) is 29.6 Å². The summed E-state index contributed by atoms with van der Waals surface area (Å²) in [6.45, 7) is 2.06. The summed E-state index contributed by atoms with van der Waals surface area (Å²) in [6.07, 6.45) is 0. The van der Waals surface area contributed by atoms with E-state index in [4.69, 9.17) is 9.72 Å². The third-order valence-electron chi connectivity index (χ3n) is 6.95. The van der Waals surface area contributed by atoms with Gasteiger partial charge in [0.05, 0.1) is 37.0 Å². The Balaban J connectivity index is 1.69. The minimum atomic E-state index is -1.01. The fourth-order valence-electron chi connectivity index (χ4n) is 4.99. The molecule has 4 aromatic rings. The van der Waals surface area contributed by atoms with Gasteiger partial charge >= 0.3 is 5.97 Å². The van der Waals surface area contributed by atoms with E-state index in [-0.39, 0.29) is 6.54 Å². The van der Waals surface area contributed by atoms with E-state index in [0.29, 0.717) is 59.5 Å². The molecular formula is C30H30N4O4. The summed E-state index contributed by atoms with van der Waals surface area (Å²) in [4.78, 5) is 31.9. The van der Waals surface area contributed by atoms with Gasteiger partial charge in [-0.3, -0.25) is 4.79 Å². The van der Waals surface area contributed by atoms with Crippen molar-refractivity contribution in [1.29, 1.82) is 0 Å². The molecule has 0 spiro atoms. The molecule has 1 unspecified atom stereocenters. The first-order valence-corrected chi connectivity index (χ1v) is 12.7. The molecule has 0 bridgehead atoms. The number of hydroxylamine groups is 3. The second-order valence-corrected chi connectivity index (χ2v) is 9.45. The number of carbonyl (C=O) groups is 2. The molecule has 38 heavy (non-hydrogen) atoms. The zero-order chi connectivity index (χ0) is 26.5. The number of esters is 1. The number of benzene rings is 3. The van der Waals surface area contributed by atoms with Gasteiger partial charge in [-0.2, -0.15) is 0 Å². The lowest BCUT2D eigenvalue weighted by Gasteiger charge is -2.46. The molecule has 8 nitrogen and oxygen atoms in total. The number of nitrogens with zero attached hydrogens (tertiary/aromatic N) is 2. The molecule has 3 aromatic carbocycles. The molecular weight excluding hydrogens is 480 g/mol. The zero-order valence-corrected chi connectivity index (χ0v) is 21.2. The van der Waals surface area contributed by atoms with Gasteiger partial charge < -0.3 is 25.2 Å².